The van der Waals surface area contributed by atoms with E-state index < -0.39 is 11.4 Å². The summed E-state index contributed by atoms with van der Waals surface area (Å²) >= 11 is 0. The van der Waals surface area contributed by atoms with Gasteiger partial charge in [-0.2, -0.15) is 4.99 Å². The van der Waals surface area contributed by atoms with Crippen LogP contribution in [0.25, 0.3) is 11.1 Å². The van der Waals surface area contributed by atoms with Gasteiger partial charge in [-0.15, -0.1) is 0 Å². The minimum Gasteiger partial charge on any atom is -0.370 e. The Morgan fingerprint density at radius 1 is 1.04 bits per heavy atom. The number of hydrogen-bond acceptors (Lipinski definition) is 1. The summed E-state index contributed by atoms with van der Waals surface area (Å²) in [5, 5.41) is 0. The van der Waals surface area contributed by atoms with Crippen molar-refractivity contribution in [1.82, 2.24) is 4.90 Å². The number of nitrogens with zero attached hydrogens (tertiary/aromatic N) is 2. The van der Waals surface area contributed by atoms with Gasteiger partial charge in [0.1, 0.15) is 11.6 Å². The summed E-state index contributed by atoms with van der Waals surface area (Å²) in [7, 11) is 0. The third kappa shape index (κ3) is 3.13. The van der Waals surface area contributed by atoms with Gasteiger partial charge in [0.2, 0.25) is 0 Å². The molecule has 5 nitrogen and oxygen atoms in total. The van der Waals surface area contributed by atoms with E-state index >= 15 is 0 Å². The number of guanidine groups is 1. The zero-order chi connectivity index (χ0) is 18.5. The number of fused-ring (bicyclic) bond motifs is 2. The van der Waals surface area contributed by atoms with Crippen LogP contribution in [0.4, 0.5) is 13.6 Å². The molecule has 2 aromatic carbocycles. The molecule has 0 aromatic heterocycles. The molecule has 2 aliphatic rings. The van der Waals surface area contributed by atoms with Gasteiger partial charge in [-0.25, -0.2) is 13.6 Å². The van der Waals surface area contributed by atoms with Gasteiger partial charge in [-0.05, 0) is 36.1 Å². The average Bonchev–Trinajstić information content (AvgIpc) is 3.34. The van der Waals surface area contributed by atoms with Crippen molar-refractivity contribution in [2.75, 3.05) is 6.54 Å². The number of hydrogen-bond donors (Lipinski definition) is 2. The Hall–Kier alpha value is -2.96. The summed E-state index contributed by atoms with van der Waals surface area (Å²) < 4.78 is 29.0. The fraction of sp³-hybridized carbons (Fsp3) is 0.300. The van der Waals surface area contributed by atoms with Crippen molar-refractivity contribution in [3.8, 4) is 11.1 Å². The van der Waals surface area contributed by atoms with E-state index in [1.54, 1.807) is 24.3 Å². The lowest BCUT2D eigenvalue weighted by atomic mass is 9.82. The van der Waals surface area contributed by atoms with E-state index in [-0.39, 0.29) is 31.6 Å². The highest BCUT2D eigenvalue weighted by Gasteiger charge is 2.52. The lowest BCUT2D eigenvalue weighted by molar-refractivity contribution is 0.192. The zero-order valence-electron chi connectivity index (χ0n) is 14.0. The minimum absolute atomic E-state index is 0. The molecule has 1 saturated carbocycles. The van der Waals surface area contributed by atoms with E-state index in [1.807, 2.05) is 0 Å². The van der Waals surface area contributed by atoms with Gasteiger partial charge in [0.15, 0.2) is 5.96 Å². The van der Waals surface area contributed by atoms with Crippen LogP contribution < -0.4 is 11.5 Å². The van der Waals surface area contributed by atoms with Crippen molar-refractivity contribution in [3.05, 3.63) is 59.2 Å². The fourth-order valence-electron chi connectivity index (χ4n) is 3.86. The van der Waals surface area contributed by atoms with Crippen molar-refractivity contribution in [2.45, 2.75) is 32.2 Å². The Morgan fingerprint density at radius 3 is 2.37 bits per heavy atom. The second kappa shape index (κ2) is 6.64. The second-order valence-electron chi connectivity index (χ2n) is 6.88. The molecule has 27 heavy (non-hydrogen) atoms. The van der Waals surface area contributed by atoms with Gasteiger partial charge < -0.3 is 16.4 Å². The summed E-state index contributed by atoms with van der Waals surface area (Å²) in [6.45, 7) is 0.487. The van der Waals surface area contributed by atoms with Crippen LogP contribution in [-0.2, 0) is 12.0 Å². The first-order valence-corrected chi connectivity index (χ1v) is 8.36. The molecule has 0 unspecified atom stereocenters. The predicted octanol–water partition coefficient (Wildman–Crippen LogP) is 3.51. The van der Waals surface area contributed by atoms with Gasteiger partial charge in [-0.1, -0.05) is 31.7 Å². The van der Waals surface area contributed by atoms with Crippen LogP contribution in [0.15, 0.2) is 41.4 Å². The maximum absolute atomic E-state index is 14.7. The quantitative estimate of drug-likeness (QED) is 0.593. The number of aliphatic imine (C=N–C) groups is 1. The molecule has 4 rings (SSSR count). The fourth-order valence-corrected chi connectivity index (χ4v) is 3.86. The standard InChI is InChI=1S/C19H18F2N4O.CH4/c20-14-4-2-1-3-12(14)11-5-6-15(21)16-13(11)9-25(10-19(16)7-8-19)18(26)24-17(22)23;/h1-6H,7-10H2,(H4,22,23,24,26);1H4. The number of carbonyl (C=O) groups excluding carboxylic acids is 1. The van der Waals surface area contributed by atoms with Crippen LogP contribution in [0.2, 0.25) is 0 Å². The molecule has 0 bridgehead atoms. The Labute approximate surface area is 156 Å². The Bertz CT molecular complexity index is 934. The lowest BCUT2D eigenvalue weighted by Crippen LogP contribution is -2.42. The maximum atomic E-state index is 14.7. The molecule has 1 fully saturated rings. The van der Waals surface area contributed by atoms with E-state index in [0.29, 0.717) is 28.8 Å². The summed E-state index contributed by atoms with van der Waals surface area (Å²) in [5.74, 6) is -1.02. The Morgan fingerprint density at radius 2 is 1.74 bits per heavy atom. The number of carbonyl (C=O) groups is 1. The van der Waals surface area contributed by atoms with Crippen LogP contribution in [0.1, 0.15) is 31.4 Å². The molecule has 7 heteroatoms. The van der Waals surface area contributed by atoms with Gasteiger partial charge in [0, 0.05) is 29.6 Å². The van der Waals surface area contributed by atoms with Crippen molar-refractivity contribution in [2.24, 2.45) is 16.5 Å². The van der Waals surface area contributed by atoms with Crippen LogP contribution >= 0.6 is 0 Å². The van der Waals surface area contributed by atoms with E-state index in [4.69, 9.17) is 11.5 Å². The number of amides is 2. The molecule has 2 amide bonds. The van der Waals surface area contributed by atoms with Crippen molar-refractivity contribution >= 4 is 12.0 Å². The van der Waals surface area contributed by atoms with Crippen molar-refractivity contribution in [1.29, 1.82) is 0 Å². The third-order valence-corrected chi connectivity index (χ3v) is 5.15. The molecular formula is C20H22F2N4O. The summed E-state index contributed by atoms with van der Waals surface area (Å²) in [6.07, 6.45) is 1.53. The number of rotatable bonds is 1. The number of halogens is 2. The molecule has 4 N–H and O–H groups in total. The molecule has 1 aliphatic carbocycles. The highest BCUT2D eigenvalue weighted by atomic mass is 19.1. The van der Waals surface area contributed by atoms with E-state index in [9.17, 15) is 13.6 Å². The molecule has 0 radical (unpaired) electrons. The second-order valence-corrected chi connectivity index (χ2v) is 6.88. The van der Waals surface area contributed by atoms with Crippen LogP contribution in [0, 0.1) is 11.6 Å². The average molecular weight is 372 g/mol. The molecule has 142 valence electrons. The van der Waals surface area contributed by atoms with E-state index in [2.05, 4.69) is 4.99 Å². The highest BCUT2D eigenvalue weighted by molar-refractivity contribution is 5.91. The van der Waals surface area contributed by atoms with E-state index in [0.717, 1.165) is 12.8 Å². The molecule has 2 aromatic rings. The molecule has 0 atom stereocenters. The number of nitrogens with two attached hydrogens (primary N) is 2. The number of benzene rings is 2. The topological polar surface area (TPSA) is 84.7 Å². The smallest absolute Gasteiger partial charge is 0.347 e. The normalized spacial score (nSPS) is 16.3. The largest absolute Gasteiger partial charge is 0.370 e. The van der Waals surface area contributed by atoms with E-state index in [1.165, 1.54) is 17.0 Å². The molecule has 0 saturated heterocycles. The van der Waals surface area contributed by atoms with Gasteiger partial charge in [-0.3, -0.25) is 0 Å². The maximum Gasteiger partial charge on any atom is 0.347 e. The summed E-state index contributed by atoms with van der Waals surface area (Å²) in [4.78, 5) is 17.4. The Kier molecular flexibility index (Phi) is 4.63. The van der Waals surface area contributed by atoms with Crippen LogP contribution in [0.5, 0.6) is 0 Å². The van der Waals surface area contributed by atoms with Gasteiger partial charge in [0.05, 0.1) is 0 Å². The monoisotopic (exact) mass is 372 g/mol. The molecule has 1 heterocycles. The SMILES string of the molecule is C.NC(N)=NC(=O)N1Cc2c(-c3ccccc3F)ccc(F)c2C2(CC2)C1. The Balaban J connectivity index is 0.00000210. The van der Waals surface area contributed by atoms with Gasteiger partial charge in [0.25, 0.3) is 0 Å². The van der Waals surface area contributed by atoms with Crippen molar-refractivity contribution in [3.63, 3.8) is 0 Å². The number of urea groups is 1. The van der Waals surface area contributed by atoms with Gasteiger partial charge >= 0.3 is 6.03 Å². The summed E-state index contributed by atoms with van der Waals surface area (Å²) in [6, 6.07) is 8.73. The first kappa shape index (κ1) is 18.8. The molecule has 1 aliphatic heterocycles. The summed E-state index contributed by atoms with van der Waals surface area (Å²) in [5.41, 5.74) is 12.4. The van der Waals surface area contributed by atoms with Crippen LogP contribution in [0.3, 0.4) is 0 Å². The minimum atomic E-state index is -0.564. The lowest BCUT2D eigenvalue weighted by Gasteiger charge is -2.35. The van der Waals surface area contributed by atoms with Crippen molar-refractivity contribution < 1.29 is 13.6 Å². The first-order chi connectivity index (χ1) is 12.4. The zero-order valence-corrected chi connectivity index (χ0v) is 14.0. The predicted molar refractivity (Wildman–Crippen MR) is 101 cm³/mol. The molecule has 1 spiro atoms. The molecular weight excluding hydrogens is 350 g/mol. The highest BCUT2D eigenvalue weighted by Crippen LogP contribution is 2.54. The third-order valence-electron chi connectivity index (χ3n) is 5.15. The van der Waals surface area contributed by atoms with Crippen LogP contribution in [-0.4, -0.2) is 23.4 Å². The first-order valence-electron chi connectivity index (χ1n) is 8.36.